The molecule has 2 saturated heterocycles. The summed E-state index contributed by atoms with van der Waals surface area (Å²) in [5, 5.41) is 3.62. The van der Waals surface area contributed by atoms with Crippen LogP contribution in [0, 0.1) is 5.92 Å². The normalized spacial score (nSPS) is 22.6. The first kappa shape index (κ1) is 21.5. The smallest absolute Gasteiger partial charge is 0.212 e. The molecule has 6 rings (SSSR count). The van der Waals surface area contributed by atoms with E-state index in [0.29, 0.717) is 44.6 Å². The van der Waals surface area contributed by atoms with Gasteiger partial charge in [0.25, 0.3) is 0 Å². The molecule has 1 amide bonds. The van der Waals surface area contributed by atoms with Crippen molar-refractivity contribution >= 4 is 23.1 Å². The minimum absolute atomic E-state index is 0.502. The number of carbonyl (C=O) groups is 1. The number of likely N-dealkylation sites (tertiary alicyclic amines) is 1. The first-order valence-electron chi connectivity index (χ1n) is 11.8. The molecule has 3 aliphatic heterocycles. The number of nitrogens with zero attached hydrogens (tertiary/aromatic N) is 4. The van der Waals surface area contributed by atoms with Gasteiger partial charge >= 0.3 is 0 Å². The van der Waals surface area contributed by atoms with Gasteiger partial charge in [0.1, 0.15) is 17.2 Å². The third-order valence-corrected chi connectivity index (χ3v) is 7.20. The van der Waals surface area contributed by atoms with E-state index in [9.17, 15) is 4.79 Å². The first-order chi connectivity index (χ1) is 16.6. The SMILES string of the molecule is CN1CC(COc2cc(-c3cn(C)c4cnc(NC=O)cc34)nc3c2CCOC32CCOC2)C1. The lowest BCUT2D eigenvalue weighted by Gasteiger charge is -2.37. The summed E-state index contributed by atoms with van der Waals surface area (Å²) in [5.41, 5.74) is 4.30. The van der Waals surface area contributed by atoms with Gasteiger partial charge in [0, 0.05) is 74.3 Å². The Morgan fingerprint density at radius 1 is 1.29 bits per heavy atom. The van der Waals surface area contributed by atoms with Crippen LogP contribution in [0.4, 0.5) is 5.82 Å². The molecule has 3 aromatic heterocycles. The highest BCUT2D eigenvalue weighted by molar-refractivity contribution is 5.97. The van der Waals surface area contributed by atoms with Crippen LogP contribution >= 0.6 is 0 Å². The van der Waals surface area contributed by atoms with Crippen LogP contribution in [0.2, 0.25) is 0 Å². The zero-order valence-corrected chi connectivity index (χ0v) is 19.5. The number of nitrogens with one attached hydrogen (secondary N) is 1. The minimum Gasteiger partial charge on any atom is -0.493 e. The van der Waals surface area contributed by atoms with Crippen LogP contribution < -0.4 is 10.1 Å². The highest BCUT2D eigenvalue weighted by atomic mass is 16.6. The van der Waals surface area contributed by atoms with Crippen molar-refractivity contribution in [2.45, 2.75) is 18.4 Å². The Morgan fingerprint density at radius 2 is 2.18 bits per heavy atom. The van der Waals surface area contributed by atoms with Crippen LogP contribution in [0.1, 0.15) is 17.7 Å². The molecule has 0 aromatic carbocycles. The van der Waals surface area contributed by atoms with E-state index in [1.54, 1.807) is 6.20 Å². The molecule has 0 aliphatic carbocycles. The summed E-state index contributed by atoms with van der Waals surface area (Å²) < 4.78 is 20.6. The monoisotopic (exact) mass is 463 g/mol. The van der Waals surface area contributed by atoms with Crippen molar-refractivity contribution in [3.8, 4) is 17.0 Å². The molecular weight excluding hydrogens is 434 g/mol. The third-order valence-electron chi connectivity index (χ3n) is 7.20. The number of pyridine rings is 2. The summed E-state index contributed by atoms with van der Waals surface area (Å²) in [6, 6.07) is 3.95. The van der Waals surface area contributed by atoms with Gasteiger partial charge in [-0.2, -0.15) is 0 Å². The Kier molecular flexibility index (Phi) is 5.28. The first-order valence-corrected chi connectivity index (χ1v) is 11.8. The second-order valence-electron chi connectivity index (χ2n) is 9.63. The predicted molar refractivity (Wildman–Crippen MR) is 127 cm³/mol. The van der Waals surface area contributed by atoms with E-state index in [2.05, 4.69) is 34.5 Å². The number of carbonyl (C=O) groups excluding carboxylic acids is 1. The standard InChI is InChI=1S/C25H29N5O4/c1-29-10-16(11-29)13-33-22-8-20(28-24-17(22)3-5-34-25(24)4-6-32-14-25)19-12-30(2)21-9-26-23(27-15-31)7-18(19)21/h7-9,12,15-16H,3-6,10-11,13-14H2,1-2H3,(H,26,27,31). The quantitative estimate of drug-likeness (QED) is 0.561. The molecule has 34 heavy (non-hydrogen) atoms. The van der Waals surface area contributed by atoms with Gasteiger partial charge in [-0.15, -0.1) is 0 Å². The number of amides is 1. The van der Waals surface area contributed by atoms with Crippen LogP contribution in [0.5, 0.6) is 5.75 Å². The maximum Gasteiger partial charge on any atom is 0.212 e. The second-order valence-corrected chi connectivity index (χ2v) is 9.63. The maximum absolute atomic E-state index is 11.0. The molecule has 0 saturated carbocycles. The topological polar surface area (TPSA) is 90.7 Å². The Morgan fingerprint density at radius 3 is 2.94 bits per heavy atom. The van der Waals surface area contributed by atoms with Gasteiger partial charge in [0.05, 0.1) is 42.9 Å². The molecule has 0 bridgehead atoms. The second kappa shape index (κ2) is 8.33. The van der Waals surface area contributed by atoms with Gasteiger partial charge in [-0.25, -0.2) is 9.97 Å². The number of rotatable bonds is 6. The van der Waals surface area contributed by atoms with Crippen molar-refractivity contribution < 1.29 is 19.0 Å². The summed E-state index contributed by atoms with van der Waals surface area (Å²) in [4.78, 5) is 22.8. The fourth-order valence-corrected chi connectivity index (χ4v) is 5.46. The average Bonchev–Trinajstić information content (AvgIpc) is 3.41. The van der Waals surface area contributed by atoms with Crippen molar-refractivity contribution in [2.75, 3.05) is 51.9 Å². The molecule has 6 heterocycles. The molecule has 0 radical (unpaired) electrons. The lowest BCUT2D eigenvalue weighted by molar-refractivity contribution is -0.105. The molecule has 3 aliphatic rings. The summed E-state index contributed by atoms with van der Waals surface area (Å²) in [7, 11) is 4.12. The summed E-state index contributed by atoms with van der Waals surface area (Å²) in [5.74, 6) is 1.94. The summed E-state index contributed by atoms with van der Waals surface area (Å²) in [6.07, 6.45) is 6.02. The molecule has 3 aromatic rings. The van der Waals surface area contributed by atoms with Gasteiger partial charge in [-0.05, 0) is 13.1 Å². The van der Waals surface area contributed by atoms with Crippen molar-refractivity contribution in [1.29, 1.82) is 0 Å². The van der Waals surface area contributed by atoms with E-state index >= 15 is 0 Å². The summed E-state index contributed by atoms with van der Waals surface area (Å²) in [6.45, 7) is 4.62. The number of ether oxygens (including phenoxy) is 3. The van der Waals surface area contributed by atoms with Crippen molar-refractivity contribution in [3.05, 3.63) is 35.8 Å². The lowest BCUT2D eigenvalue weighted by Crippen LogP contribution is -2.46. The third kappa shape index (κ3) is 3.55. The van der Waals surface area contributed by atoms with Crippen molar-refractivity contribution in [3.63, 3.8) is 0 Å². The molecule has 2 fully saturated rings. The zero-order chi connectivity index (χ0) is 23.3. The molecule has 1 unspecified atom stereocenters. The maximum atomic E-state index is 11.0. The van der Waals surface area contributed by atoms with Crippen LogP contribution in [-0.2, 0) is 33.3 Å². The predicted octanol–water partition coefficient (Wildman–Crippen LogP) is 2.33. The minimum atomic E-state index is -0.519. The van der Waals surface area contributed by atoms with Crippen LogP contribution in [0.15, 0.2) is 24.5 Å². The molecule has 1 atom stereocenters. The fourth-order valence-electron chi connectivity index (χ4n) is 5.46. The number of anilines is 1. The molecule has 1 N–H and O–H groups in total. The van der Waals surface area contributed by atoms with Crippen LogP contribution in [-0.4, -0.2) is 72.4 Å². The Balaban J connectivity index is 1.48. The molecule has 9 nitrogen and oxygen atoms in total. The number of hydrogen-bond donors (Lipinski definition) is 1. The van der Waals surface area contributed by atoms with E-state index in [1.165, 1.54) is 0 Å². The Labute approximate surface area is 198 Å². The van der Waals surface area contributed by atoms with E-state index < -0.39 is 5.60 Å². The van der Waals surface area contributed by atoms with Gasteiger partial charge in [-0.3, -0.25) is 4.79 Å². The molecule has 178 valence electrons. The highest BCUT2D eigenvalue weighted by Gasteiger charge is 2.44. The van der Waals surface area contributed by atoms with Crippen molar-refractivity contribution in [2.24, 2.45) is 13.0 Å². The number of aromatic nitrogens is 3. The van der Waals surface area contributed by atoms with E-state index in [1.807, 2.05) is 17.7 Å². The fraction of sp³-hybridized carbons (Fsp3) is 0.480. The number of hydrogen-bond acceptors (Lipinski definition) is 7. The largest absolute Gasteiger partial charge is 0.493 e. The molecule has 9 heteroatoms. The summed E-state index contributed by atoms with van der Waals surface area (Å²) >= 11 is 0. The Bertz CT molecular complexity index is 1240. The zero-order valence-electron chi connectivity index (χ0n) is 19.5. The molecular formula is C25H29N5O4. The van der Waals surface area contributed by atoms with E-state index in [4.69, 9.17) is 19.2 Å². The van der Waals surface area contributed by atoms with Gasteiger partial charge in [0.2, 0.25) is 6.41 Å². The van der Waals surface area contributed by atoms with Crippen molar-refractivity contribution in [1.82, 2.24) is 19.4 Å². The highest BCUT2D eigenvalue weighted by Crippen LogP contribution is 2.44. The Hall–Kier alpha value is -3.01. The van der Waals surface area contributed by atoms with E-state index in [0.717, 1.165) is 65.1 Å². The number of fused-ring (bicyclic) bond motifs is 3. The van der Waals surface area contributed by atoms with Gasteiger partial charge in [-0.1, -0.05) is 0 Å². The molecule has 1 spiro atoms. The van der Waals surface area contributed by atoms with Gasteiger partial charge in [0.15, 0.2) is 0 Å². The average molecular weight is 464 g/mol. The van der Waals surface area contributed by atoms with Crippen LogP contribution in [0.25, 0.3) is 22.2 Å². The lowest BCUT2D eigenvalue weighted by atomic mass is 9.89. The van der Waals surface area contributed by atoms with Gasteiger partial charge < -0.3 is 29.0 Å². The van der Waals surface area contributed by atoms with E-state index in [-0.39, 0.29) is 0 Å². The van der Waals surface area contributed by atoms with Crippen LogP contribution in [0.3, 0.4) is 0 Å². The number of aryl methyl sites for hydroxylation is 1.